The zero-order chi connectivity index (χ0) is 15.6. The Morgan fingerprint density at radius 3 is 2.57 bits per heavy atom. The molecule has 0 aliphatic heterocycles. The van der Waals surface area contributed by atoms with Crippen LogP contribution in [-0.4, -0.2) is 33.3 Å². The Morgan fingerprint density at radius 1 is 1.38 bits per heavy atom. The minimum Gasteiger partial charge on any atom is -0.480 e. The van der Waals surface area contributed by atoms with Crippen LogP contribution in [0.3, 0.4) is 0 Å². The van der Waals surface area contributed by atoms with Crippen LogP contribution in [0.15, 0.2) is 30.5 Å². The van der Waals surface area contributed by atoms with Gasteiger partial charge >= 0.3 is 5.97 Å². The molecule has 0 fully saturated rings. The summed E-state index contributed by atoms with van der Waals surface area (Å²) in [5.74, 6) is -1.56. The number of hydrogen-bond acceptors (Lipinski definition) is 4. The molecule has 1 amide bonds. The number of carboxylic acids is 1. The van der Waals surface area contributed by atoms with Gasteiger partial charge in [0.15, 0.2) is 0 Å². The van der Waals surface area contributed by atoms with Crippen LogP contribution < -0.4 is 10.6 Å². The predicted octanol–water partition coefficient (Wildman–Crippen LogP) is 1.04. The normalized spacial score (nSPS) is 10.4. The third-order valence-corrected chi connectivity index (χ3v) is 3.01. The number of benzene rings is 1. The lowest BCUT2D eigenvalue weighted by Crippen LogP contribution is -2.36. The second-order valence-corrected chi connectivity index (χ2v) is 4.65. The number of amides is 1. The Hall–Kier alpha value is -2.83. The second kappa shape index (κ2) is 5.66. The number of carbonyl (C=O) groups is 2. The fraction of sp³-hybridized carbons (Fsp3) is 0.214. The van der Waals surface area contributed by atoms with Crippen molar-refractivity contribution in [3.8, 4) is 0 Å². The van der Waals surface area contributed by atoms with E-state index in [2.05, 4.69) is 5.10 Å². The Bertz CT molecular complexity index is 693. The van der Waals surface area contributed by atoms with E-state index in [-0.39, 0.29) is 0 Å². The van der Waals surface area contributed by atoms with Gasteiger partial charge in [-0.1, -0.05) is 12.1 Å². The van der Waals surface area contributed by atoms with Gasteiger partial charge in [-0.05, 0) is 19.1 Å². The summed E-state index contributed by atoms with van der Waals surface area (Å²) in [5, 5.41) is 13.2. The molecule has 2 aromatic rings. The monoisotopic (exact) mass is 288 g/mol. The molecule has 1 aromatic heterocycles. The van der Waals surface area contributed by atoms with Crippen molar-refractivity contribution < 1.29 is 14.7 Å². The third-order valence-electron chi connectivity index (χ3n) is 3.01. The SMILES string of the molecule is Cc1nn(C)cc1C(=O)N(CC(=O)O)c1ccccc1N. The van der Waals surface area contributed by atoms with Crippen LogP contribution >= 0.6 is 0 Å². The van der Waals surface area contributed by atoms with E-state index in [9.17, 15) is 9.59 Å². The van der Waals surface area contributed by atoms with Crippen LogP contribution in [0.25, 0.3) is 0 Å². The van der Waals surface area contributed by atoms with Gasteiger partial charge in [0.1, 0.15) is 6.54 Å². The molecule has 0 unspecified atom stereocenters. The maximum atomic E-state index is 12.6. The number of rotatable bonds is 4. The number of aromatic nitrogens is 2. The molecule has 7 nitrogen and oxygen atoms in total. The van der Waals surface area contributed by atoms with Gasteiger partial charge in [-0.15, -0.1) is 0 Å². The molecule has 2 rings (SSSR count). The number of aryl methyl sites for hydroxylation is 2. The molecular weight excluding hydrogens is 272 g/mol. The molecule has 21 heavy (non-hydrogen) atoms. The first-order valence-electron chi connectivity index (χ1n) is 6.28. The van der Waals surface area contributed by atoms with Gasteiger partial charge in [0.2, 0.25) is 0 Å². The van der Waals surface area contributed by atoms with Crippen LogP contribution in [0.1, 0.15) is 16.1 Å². The van der Waals surface area contributed by atoms with Crippen LogP contribution in [0.5, 0.6) is 0 Å². The van der Waals surface area contributed by atoms with Gasteiger partial charge in [0.05, 0.1) is 22.6 Å². The average molecular weight is 288 g/mol. The lowest BCUT2D eigenvalue weighted by atomic mass is 10.2. The molecule has 7 heteroatoms. The number of aliphatic carboxylic acids is 1. The van der Waals surface area contributed by atoms with E-state index in [0.717, 1.165) is 4.90 Å². The number of nitrogens with two attached hydrogens (primary N) is 1. The van der Waals surface area contributed by atoms with Crippen molar-refractivity contribution in [2.45, 2.75) is 6.92 Å². The number of carboxylic acid groups (broad SMARTS) is 1. The van der Waals surface area contributed by atoms with E-state index in [0.29, 0.717) is 22.6 Å². The zero-order valence-electron chi connectivity index (χ0n) is 11.8. The molecule has 0 aliphatic rings. The molecule has 0 bridgehead atoms. The van der Waals surface area contributed by atoms with Crippen LogP contribution in [0, 0.1) is 6.92 Å². The summed E-state index contributed by atoms with van der Waals surface area (Å²) >= 11 is 0. The van der Waals surface area contributed by atoms with E-state index in [4.69, 9.17) is 10.8 Å². The molecule has 0 saturated heterocycles. The number of anilines is 2. The fourth-order valence-corrected chi connectivity index (χ4v) is 2.09. The first kappa shape index (κ1) is 14.6. The molecule has 0 aliphatic carbocycles. The highest BCUT2D eigenvalue weighted by Gasteiger charge is 2.24. The Labute approximate surface area is 121 Å². The molecule has 1 heterocycles. The summed E-state index contributed by atoms with van der Waals surface area (Å²) < 4.78 is 1.51. The van der Waals surface area contributed by atoms with E-state index in [1.165, 1.54) is 4.68 Å². The number of carbonyl (C=O) groups excluding carboxylic acids is 1. The predicted molar refractivity (Wildman–Crippen MR) is 78.1 cm³/mol. The number of hydrogen-bond donors (Lipinski definition) is 2. The average Bonchev–Trinajstić information content (AvgIpc) is 2.75. The van der Waals surface area contributed by atoms with Crippen molar-refractivity contribution in [1.29, 1.82) is 0 Å². The van der Waals surface area contributed by atoms with E-state index in [1.54, 1.807) is 44.4 Å². The smallest absolute Gasteiger partial charge is 0.323 e. The Morgan fingerprint density at radius 2 is 2.05 bits per heavy atom. The first-order valence-corrected chi connectivity index (χ1v) is 6.28. The fourth-order valence-electron chi connectivity index (χ4n) is 2.09. The first-order chi connectivity index (χ1) is 9.90. The van der Waals surface area contributed by atoms with E-state index >= 15 is 0 Å². The highest BCUT2D eigenvalue weighted by molar-refractivity contribution is 6.10. The maximum Gasteiger partial charge on any atom is 0.323 e. The summed E-state index contributed by atoms with van der Waals surface area (Å²) in [6.07, 6.45) is 1.56. The van der Waals surface area contributed by atoms with Crippen molar-refractivity contribution >= 4 is 23.3 Å². The topological polar surface area (TPSA) is 101 Å². The van der Waals surface area contributed by atoms with Crippen molar-refractivity contribution in [3.05, 3.63) is 41.7 Å². The molecule has 3 N–H and O–H groups in total. The highest BCUT2D eigenvalue weighted by Crippen LogP contribution is 2.24. The summed E-state index contributed by atoms with van der Waals surface area (Å²) in [6.45, 7) is 1.22. The highest BCUT2D eigenvalue weighted by atomic mass is 16.4. The van der Waals surface area contributed by atoms with Gasteiger partial charge < -0.3 is 10.8 Å². The molecule has 0 saturated carbocycles. The number of nitrogens with zero attached hydrogens (tertiary/aromatic N) is 3. The van der Waals surface area contributed by atoms with Gasteiger partial charge in [0, 0.05) is 13.2 Å². The summed E-state index contributed by atoms with van der Waals surface area (Å²) in [4.78, 5) is 24.8. The summed E-state index contributed by atoms with van der Waals surface area (Å²) in [6, 6.07) is 6.65. The van der Waals surface area contributed by atoms with Gasteiger partial charge in [-0.25, -0.2) is 0 Å². The minimum absolute atomic E-state index is 0.341. The number of para-hydroxylation sites is 2. The quantitative estimate of drug-likeness (QED) is 0.819. The molecule has 0 atom stereocenters. The molecular formula is C14H16N4O3. The lowest BCUT2D eigenvalue weighted by Gasteiger charge is -2.22. The molecule has 0 spiro atoms. The maximum absolute atomic E-state index is 12.6. The van der Waals surface area contributed by atoms with Crippen molar-refractivity contribution in [1.82, 2.24) is 9.78 Å². The van der Waals surface area contributed by atoms with E-state index in [1.807, 2.05) is 0 Å². The standard InChI is InChI=1S/C14H16N4O3/c1-9-10(7-17(2)16-9)14(21)18(8-13(19)20)12-6-4-3-5-11(12)15/h3-7H,8,15H2,1-2H3,(H,19,20). The zero-order valence-corrected chi connectivity index (χ0v) is 11.8. The summed E-state index contributed by atoms with van der Waals surface area (Å²) in [7, 11) is 1.70. The third kappa shape index (κ3) is 3.02. The molecule has 0 radical (unpaired) electrons. The van der Waals surface area contributed by atoms with Gasteiger partial charge in [-0.2, -0.15) is 5.10 Å². The lowest BCUT2D eigenvalue weighted by molar-refractivity contribution is -0.135. The van der Waals surface area contributed by atoms with Gasteiger partial charge in [0.25, 0.3) is 5.91 Å². The van der Waals surface area contributed by atoms with Crippen LogP contribution in [0.4, 0.5) is 11.4 Å². The van der Waals surface area contributed by atoms with Gasteiger partial charge in [-0.3, -0.25) is 19.2 Å². The van der Waals surface area contributed by atoms with Crippen LogP contribution in [0.2, 0.25) is 0 Å². The molecule has 1 aromatic carbocycles. The largest absolute Gasteiger partial charge is 0.480 e. The van der Waals surface area contributed by atoms with Crippen molar-refractivity contribution in [2.75, 3.05) is 17.2 Å². The minimum atomic E-state index is -1.12. The van der Waals surface area contributed by atoms with E-state index < -0.39 is 18.4 Å². The van der Waals surface area contributed by atoms with Crippen molar-refractivity contribution in [3.63, 3.8) is 0 Å². The second-order valence-electron chi connectivity index (χ2n) is 4.65. The van der Waals surface area contributed by atoms with Crippen molar-refractivity contribution in [2.24, 2.45) is 7.05 Å². The number of nitrogen functional groups attached to an aromatic ring is 1. The Kier molecular flexibility index (Phi) is 3.93. The Balaban J connectivity index is 2.46. The summed E-state index contributed by atoms with van der Waals surface area (Å²) in [5.41, 5.74) is 7.44. The molecule has 110 valence electrons. The van der Waals surface area contributed by atoms with Crippen LogP contribution in [-0.2, 0) is 11.8 Å².